The summed E-state index contributed by atoms with van der Waals surface area (Å²) in [6.45, 7) is 2.20. The molecule has 2 heteroatoms. The van der Waals surface area contributed by atoms with E-state index in [9.17, 15) is 0 Å². The fourth-order valence-corrected chi connectivity index (χ4v) is 3.18. The minimum absolute atomic E-state index is 0.333. The van der Waals surface area contributed by atoms with Crippen LogP contribution in [0.15, 0.2) is 89.9 Å². The van der Waals surface area contributed by atoms with Gasteiger partial charge in [-0.15, -0.1) is 0 Å². The first-order chi connectivity index (χ1) is 11.3. The minimum atomic E-state index is -0.333. The number of hydrogen-bond acceptors (Lipinski definition) is 2. The Bertz CT molecular complexity index is 853. The third kappa shape index (κ3) is 2.33. The van der Waals surface area contributed by atoms with Gasteiger partial charge in [0, 0.05) is 11.3 Å². The molecule has 0 saturated carbocycles. The lowest BCUT2D eigenvalue weighted by Crippen LogP contribution is -2.35. The Morgan fingerprint density at radius 3 is 2.09 bits per heavy atom. The molecular formula is C21H18N2. The van der Waals surface area contributed by atoms with Gasteiger partial charge in [-0.2, -0.15) is 0 Å². The van der Waals surface area contributed by atoms with Gasteiger partial charge in [-0.05, 0) is 30.7 Å². The van der Waals surface area contributed by atoms with Gasteiger partial charge >= 0.3 is 0 Å². The van der Waals surface area contributed by atoms with Crippen molar-refractivity contribution >= 4 is 17.1 Å². The molecule has 1 aliphatic rings. The summed E-state index contributed by atoms with van der Waals surface area (Å²) in [6.07, 6.45) is 0. The van der Waals surface area contributed by atoms with E-state index in [1.807, 2.05) is 36.4 Å². The van der Waals surface area contributed by atoms with Crippen molar-refractivity contribution < 1.29 is 0 Å². The summed E-state index contributed by atoms with van der Waals surface area (Å²) in [4.78, 5) is 4.98. The number of nitrogens with one attached hydrogen (secondary N) is 1. The Morgan fingerprint density at radius 1 is 0.739 bits per heavy atom. The molecule has 0 aromatic heterocycles. The number of aliphatic imine (C=N–C) groups is 1. The van der Waals surface area contributed by atoms with E-state index in [0.29, 0.717) is 0 Å². The van der Waals surface area contributed by atoms with Gasteiger partial charge in [0.1, 0.15) is 5.54 Å². The number of anilines is 1. The van der Waals surface area contributed by atoms with E-state index in [2.05, 4.69) is 60.8 Å². The maximum atomic E-state index is 4.98. The summed E-state index contributed by atoms with van der Waals surface area (Å²) in [5.74, 6) is 0. The zero-order chi connectivity index (χ0) is 15.7. The molecule has 23 heavy (non-hydrogen) atoms. The molecule has 2 nitrogen and oxygen atoms in total. The van der Waals surface area contributed by atoms with E-state index in [1.165, 1.54) is 11.1 Å². The smallest absolute Gasteiger partial charge is 0.103 e. The van der Waals surface area contributed by atoms with E-state index in [-0.39, 0.29) is 5.54 Å². The molecule has 4 rings (SSSR count). The first-order valence-electron chi connectivity index (χ1n) is 7.85. The lowest BCUT2D eigenvalue weighted by Gasteiger charge is -2.27. The molecule has 0 radical (unpaired) electrons. The molecule has 112 valence electrons. The summed E-state index contributed by atoms with van der Waals surface area (Å²) in [5, 5.41) is 3.67. The maximum absolute atomic E-state index is 4.98. The molecule has 0 bridgehead atoms. The first-order valence-corrected chi connectivity index (χ1v) is 7.85. The Labute approximate surface area is 136 Å². The third-order valence-electron chi connectivity index (χ3n) is 4.39. The molecule has 1 atom stereocenters. The Kier molecular flexibility index (Phi) is 3.23. The monoisotopic (exact) mass is 298 g/mol. The molecule has 3 aromatic carbocycles. The van der Waals surface area contributed by atoms with E-state index >= 15 is 0 Å². The van der Waals surface area contributed by atoms with Crippen LogP contribution in [0, 0.1) is 0 Å². The van der Waals surface area contributed by atoms with Crippen molar-refractivity contribution in [1.82, 2.24) is 0 Å². The van der Waals surface area contributed by atoms with Gasteiger partial charge in [-0.25, -0.2) is 4.99 Å². The van der Waals surface area contributed by atoms with Gasteiger partial charge < -0.3 is 5.32 Å². The normalized spacial score (nSPS) is 21.0. The van der Waals surface area contributed by atoms with Gasteiger partial charge in [0.2, 0.25) is 0 Å². The number of fused-ring (bicyclic) bond motifs is 1. The molecule has 1 N–H and O–H groups in total. The highest BCUT2D eigenvalue weighted by molar-refractivity contribution is 6.17. The number of hydrogen-bond donors (Lipinski definition) is 1. The summed E-state index contributed by atoms with van der Waals surface area (Å²) in [5.41, 5.74) is 5.22. The number of para-hydroxylation sites is 2. The Hall–Kier alpha value is -2.87. The van der Waals surface area contributed by atoms with Gasteiger partial charge in [0.25, 0.3) is 0 Å². The molecule has 0 amide bonds. The minimum Gasteiger partial charge on any atom is -0.370 e. The second kappa shape index (κ2) is 5.40. The fourth-order valence-electron chi connectivity index (χ4n) is 3.18. The van der Waals surface area contributed by atoms with E-state index in [1.54, 1.807) is 0 Å². The van der Waals surface area contributed by atoms with Crippen LogP contribution in [0.2, 0.25) is 0 Å². The second-order valence-electron chi connectivity index (χ2n) is 5.96. The molecule has 3 aromatic rings. The molecule has 1 aliphatic heterocycles. The molecule has 0 saturated heterocycles. The average molecular weight is 298 g/mol. The second-order valence-corrected chi connectivity index (χ2v) is 5.96. The van der Waals surface area contributed by atoms with Crippen LogP contribution in [0.3, 0.4) is 0 Å². The van der Waals surface area contributed by atoms with Crippen LogP contribution in [-0.2, 0) is 5.54 Å². The summed E-state index contributed by atoms with van der Waals surface area (Å²) in [6, 6.07) is 29.0. The van der Waals surface area contributed by atoms with Crippen molar-refractivity contribution in [3.8, 4) is 0 Å². The van der Waals surface area contributed by atoms with Crippen LogP contribution in [0.25, 0.3) is 0 Å². The van der Waals surface area contributed by atoms with Gasteiger partial charge in [0.15, 0.2) is 0 Å². The number of rotatable bonds is 2. The van der Waals surface area contributed by atoms with Crippen LogP contribution in [-0.4, -0.2) is 5.71 Å². The summed E-state index contributed by atoms with van der Waals surface area (Å²) < 4.78 is 0. The van der Waals surface area contributed by atoms with Crippen molar-refractivity contribution in [2.24, 2.45) is 4.99 Å². The van der Waals surface area contributed by atoms with Crippen LogP contribution < -0.4 is 5.32 Å². The van der Waals surface area contributed by atoms with E-state index < -0.39 is 0 Å². The molecule has 0 spiro atoms. The van der Waals surface area contributed by atoms with Crippen molar-refractivity contribution in [3.05, 3.63) is 96.1 Å². The summed E-state index contributed by atoms with van der Waals surface area (Å²) >= 11 is 0. The van der Waals surface area contributed by atoms with Crippen molar-refractivity contribution in [2.45, 2.75) is 12.5 Å². The largest absolute Gasteiger partial charge is 0.370 e. The van der Waals surface area contributed by atoms with Crippen LogP contribution in [0.1, 0.15) is 18.1 Å². The van der Waals surface area contributed by atoms with E-state index in [0.717, 1.165) is 17.1 Å². The molecule has 0 aliphatic carbocycles. The van der Waals surface area contributed by atoms with Crippen LogP contribution in [0.4, 0.5) is 11.4 Å². The van der Waals surface area contributed by atoms with Crippen molar-refractivity contribution in [2.75, 3.05) is 5.32 Å². The lowest BCUT2D eigenvalue weighted by molar-refractivity contribution is 0.756. The number of benzene rings is 3. The highest BCUT2D eigenvalue weighted by atomic mass is 15.0. The molecular weight excluding hydrogens is 280 g/mol. The van der Waals surface area contributed by atoms with Crippen molar-refractivity contribution in [1.29, 1.82) is 0 Å². The first kappa shape index (κ1) is 13.8. The Balaban J connectivity index is 1.92. The van der Waals surface area contributed by atoms with Crippen LogP contribution >= 0.6 is 0 Å². The molecule has 0 fully saturated rings. The third-order valence-corrected chi connectivity index (χ3v) is 4.39. The van der Waals surface area contributed by atoms with Crippen molar-refractivity contribution in [3.63, 3.8) is 0 Å². The quantitative estimate of drug-likeness (QED) is 0.695. The van der Waals surface area contributed by atoms with Gasteiger partial charge in [-0.3, -0.25) is 0 Å². The highest BCUT2D eigenvalue weighted by Gasteiger charge is 2.40. The highest BCUT2D eigenvalue weighted by Crippen LogP contribution is 2.40. The SMILES string of the molecule is C[C@]1(c2ccccc2)Nc2ccccc2C1=Nc1ccccc1. The lowest BCUT2D eigenvalue weighted by atomic mass is 9.87. The molecule has 0 unspecified atom stereocenters. The van der Waals surface area contributed by atoms with Gasteiger partial charge in [-0.1, -0.05) is 66.7 Å². The summed E-state index contributed by atoms with van der Waals surface area (Å²) in [7, 11) is 0. The van der Waals surface area contributed by atoms with Crippen LogP contribution in [0.5, 0.6) is 0 Å². The topological polar surface area (TPSA) is 24.4 Å². The average Bonchev–Trinajstić information content (AvgIpc) is 2.90. The Morgan fingerprint density at radius 2 is 1.35 bits per heavy atom. The van der Waals surface area contributed by atoms with Gasteiger partial charge in [0.05, 0.1) is 11.4 Å². The predicted molar refractivity (Wildman–Crippen MR) is 96.5 cm³/mol. The zero-order valence-corrected chi connectivity index (χ0v) is 13.0. The predicted octanol–water partition coefficient (Wildman–Crippen LogP) is 5.15. The maximum Gasteiger partial charge on any atom is 0.103 e. The molecule has 1 heterocycles. The number of nitrogens with zero attached hydrogens (tertiary/aromatic N) is 1. The van der Waals surface area contributed by atoms with E-state index in [4.69, 9.17) is 4.99 Å². The fraction of sp³-hybridized carbons (Fsp3) is 0.0952. The zero-order valence-electron chi connectivity index (χ0n) is 13.0. The standard InChI is InChI=1S/C21H18N2/c1-21(16-10-4-2-5-11-16)20(22-17-12-6-3-7-13-17)18-14-8-9-15-19(18)23-21/h2-15,23H,1H3/t21-/m1/s1.